The standard InChI is InChI=1S/C22H19N3O3S/c1-27-16-10-11-18(19(13-16)28-2)23-22(26)17-14-25(15-7-4-3-5-8-15)24-21(17)20-9-6-12-29-20/h3-14H,1-2H3,(H,23,26). The lowest BCUT2D eigenvalue weighted by molar-refractivity contribution is 0.102. The molecule has 4 rings (SSSR count). The molecule has 2 aromatic heterocycles. The molecule has 0 bridgehead atoms. The van der Waals surface area contributed by atoms with Crippen molar-refractivity contribution in [2.45, 2.75) is 0 Å². The minimum Gasteiger partial charge on any atom is -0.497 e. The number of thiophene rings is 1. The third-order valence-electron chi connectivity index (χ3n) is 4.39. The van der Waals surface area contributed by atoms with Crippen LogP contribution in [0.2, 0.25) is 0 Å². The Balaban J connectivity index is 1.72. The number of carbonyl (C=O) groups excluding carboxylic acids is 1. The summed E-state index contributed by atoms with van der Waals surface area (Å²) >= 11 is 1.54. The highest BCUT2D eigenvalue weighted by molar-refractivity contribution is 7.13. The van der Waals surface area contributed by atoms with Gasteiger partial charge in [0.1, 0.15) is 17.2 Å². The Morgan fingerprint density at radius 2 is 1.86 bits per heavy atom. The largest absolute Gasteiger partial charge is 0.497 e. The van der Waals surface area contributed by atoms with Gasteiger partial charge in [-0.3, -0.25) is 4.79 Å². The Morgan fingerprint density at radius 3 is 2.55 bits per heavy atom. The smallest absolute Gasteiger partial charge is 0.259 e. The summed E-state index contributed by atoms with van der Waals surface area (Å²) in [5, 5.41) is 9.56. The number of anilines is 1. The second-order valence-electron chi connectivity index (χ2n) is 6.17. The summed E-state index contributed by atoms with van der Waals surface area (Å²) in [6.45, 7) is 0. The van der Waals surface area contributed by atoms with E-state index in [1.54, 1.807) is 43.3 Å². The highest BCUT2D eigenvalue weighted by Crippen LogP contribution is 2.32. The van der Waals surface area contributed by atoms with Gasteiger partial charge < -0.3 is 14.8 Å². The second kappa shape index (κ2) is 8.20. The van der Waals surface area contributed by atoms with E-state index in [4.69, 9.17) is 9.47 Å². The molecule has 1 amide bonds. The number of nitrogens with one attached hydrogen (secondary N) is 1. The number of ether oxygens (including phenoxy) is 2. The average molecular weight is 405 g/mol. The molecule has 1 N–H and O–H groups in total. The fourth-order valence-corrected chi connectivity index (χ4v) is 3.66. The first-order valence-electron chi connectivity index (χ1n) is 8.92. The fraction of sp³-hybridized carbons (Fsp3) is 0.0909. The van der Waals surface area contributed by atoms with Gasteiger partial charge in [0.25, 0.3) is 5.91 Å². The highest BCUT2D eigenvalue weighted by Gasteiger charge is 2.20. The van der Waals surface area contributed by atoms with Crippen molar-refractivity contribution >= 4 is 22.9 Å². The van der Waals surface area contributed by atoms with Crippen LogP contribution in [0.25, 0.3) is 16.3 Å². The Hall–Kier alpha value is -3.58. The molecule has 0 spiro atoms. The fourth-order valence-electron chi connectivity index (χ4n) is 2.94. The van der Waals surface area contributed by atoms with Crippen molar-refractivity contribution in [2.75, 3.05) is 19.5 Å². The molecule has 0 radical (unpaired) electrons. The minimum atomic E-state index is -0.265. The number of para-hydroxylation sites is 1. The number of aromatic nitrogens is 2. The van der Waals surface area contributed by atoms with Crippen molar-refractivity contribution in [3.63, 3.8) is 0 Å². The molecule has 146 valence electrons. The topological polar surface area (TPSA) is 65.4 Å². The molecular formula is C22H19N3O3S. The molecule has 0 atom stereocenters. The van der Waals surface area contributed by atoms with Crippen LogP contribution in [0, 0.1) is 0 Å². The molecule has 2 heterocycles. The molecule has 0 saturated heterocycles. The van der Waals surface area contributed by atoms with E-state index in [0.29, 0.717) is 28.4 Å². The van der Waals surface area contributed by atoms with Crippen molar-refractivity contribution in [3.05, 3.63) is 77.8 Å². The lowest BCUT2D eigenvalue weighted by Gasteiger charge is -2.11. The van der Waals surface area contributed by atoms with Crippen molar-refractivity contribution in [1.82, 2.24) is 9.78 Å². The van der Waals surface area contributed by atoms with Crippen molar-refractivity contribution < 1.29 is 14.3 Å². The van der Waals surface area contributed by atoms with Crippen molar-refractivity contribution in [3.8, 4) is 27.8 Å². The van der Waals surface area contributed by atoms with Crippen LogP contribution in [0.3, 0.4) is 0 Å². The maximum absolute atomic E-state index is 13.2. The van der Waals surface area contributed by atoms with E-state index in [1.165, 1.54) is 11.3 Å². The lowest BCUT2D eigenvalue weighted by atomic mass is 10.2. The Bertz CT molecular complexity index is 1120. The van der Waals surface area contributed by atoms with E-state index in [9.17, 15) is 4.79 Å². The molecule has 0 fully saturated rings. The molecule has 0 unspecified atom stereocenters. The van der Waals surface area contributed by atoms with Crippen molar-refractivity contribution in [2.24, 2.45) is 0 Å². The number of benzene rings is 2. The van der Waals surface area contributed by atoms with Gasteiger partial charge in [0, 0.05) is 12.3 Å². The predicted molar refractivity (Wildman–Crippen MR) is 114 cm³/mol. The lowest BCUT2D eigenvalue weighted by Crippen LogP contribution is -2.13. The number of nitrogens with zero attached hydrogens (tertiary/aromatic N) is 2. The molecule has 0 aliphatic rings. The third-order valence-corrected chi connectivity index (χ3v) is 5.27. The molecule has 7 heteroatoms. The summed E-state index contributed by atoms with van der Waals surface area (Å²) in [7, 11) is 3.13. The van der Waals surface area contributed by atoms with Gasteiger partial charge in [-0.15, -0.1) is 11.3 Å². The summed E-state index contributed by atoms with van der Waals surface area (Å²) in [6.07, 6.45) is 1.75. The second-order valence-corrected chi connectivity index (χ2v) is 7.12. The molecule has 2 aromatic carbocycles. The van der Waals surface area contributed by atoms with Gasteiger partial charge in [-0.25, -0.2) is 4.68 Å². The van der Waals surface area contributed by atoms with E-state index in [-0.39, 0.29) is 5.91 Å². The van der Waals surface area contributed by atoms with Gasteiger partial charge in [-0.05, 0) is 35.7 Å². The average Bonchev–Trinajstić information content (AvgIpc) is 3.44. The van der Waals surface area contributed by atoms with Crippen LogP contribution in [0.1, 0.15) is 10.4 Å². The van der Waals surface area contributed by atoms with Crippen molar-refractivity contribution in [1.29, 1.82) is 0 Å². The number of hydrogen-bond acceptors (Lipinski definition) is 5. The molecule has 0 aliphatic heterocycles. The zero-order valence-electron chi connectivity index (χ0n) is 16.0. The van der Waals surface area contributed by atoms with Crippen LogP contribution >= 0.6 is 11.3 Å². The number of hydrogen-bond donors (Lipinski definition) is 1. The summed E-state index contributed by atoms with van der Waals surface area (Å²) in [5.41, 5.74) is 2.55. The first-order chi connectivity index (χ1) is 14.2. The minimum absolute atomic E-state index is 0.265. The Labute approximate surface area is 172 Å². The van der Waals surface area contributed by atoms with Crippen LogP contribution in [0.15, 0.2) is 72.2 Å². The maximum atomic E-state index is 13.2. The Morgan fingerprint density at radius 1 is 1.03 bits per heavy atom. The summed E-state index contributed by atoms with van der Waals surface area (Å²) < 4.78 is 12.3. The highest BCUT2D eigenvalue weighted by atomic mass is 32.1. The number of methoxy groups -OCH3 is 2. The van der Waals surface area contributed by atoms with Crippen LogP contribution in [-0.4, -0.2) is 29.9 Å². The van der Waals surface area contributed by atoms with Gasteiger partial charge in [-0.2, -0.15) is 5.10 Å². The molecular weight excluding hydrogens is 386 g/mol. The van der Waals surface area contributed by atoms with E-state index in [1.807, 2.05) is 47.8 Å². The number of rotatable bonds is 6. The first-order valence-corrected chi connectivity index (χ1v) is 9.80. The van der Waals surface area contributed by atoms with E-state index in [2.05, 4.69) is 10.4 Å². The summed E-state index contributed by atoms with van der Waals surface area (Å²) in [6, 6.07) is 18.8. The predicted octanol–water partition coefficient (Wildman–Crippen LogP) is 4.87. The third kappa shape index (κ3) is 3.86. The number of amides is 1. The van der Waals surface area contributed by atoms with E-state index >= 15 is 0 Å². The van der Waals surface area contributed by atoms with E-state index in [0.717, 1.165) is 10.6 Å². The van der Waals surface area contributed by atoms with Crippen LogP contribution < -0.4 is 14.8 Å². The molecule has 0 aliphatic carbocycles. The first kappa shape index (κ1) is 18.8. The van der Waals surface area contributed by atoms with Gasteiger partial charge in [0.15, 0.2) is 0 Å². The zero-order valence-corrected chi connectivity index (χ0v) is 16.8. The normalized spacial score (nSPS) is 10.6. The molecule has 0 saturated carbocycles. The quantitative estimate of drug-likeness (QED) is 0.497. The summed E-state index contributed by atoms with van der Waals surface area (Å²) in [4.78, 5) is 14.1. The zero-order chi connectivity index (χ0) is 20.2. The molecule has 4 aromatic rings. The van der Waals surface area contributed by atoms with Gasteiger partial charge in [0.05, 0.1) is 36.0 Å². The van der Waals surface area contributed by atoms with Gasteiger partial charge >= 0.3 is 0 Å². The van der Waals surface area contributed by atoms with Gasteiger partial charge in [0.2, 0.25) is 0 Å². The SMILES string of the molecule is COc1ccc(NC(=O)c2cn(-c3ccccc3)nc2-c2cccs2)c(OC)c1. The monoisotopic (exact) mass is 405 g/mol. The van der Waals surface area contributed by atoms with Crippen LogP contribution in [0.4, 0.5) is 5.69 Å². The van der Waals surface area contributed by atoms with Crippen LogP contribution in [0.5, 0.6) is 11.5 Å². The van der Waals surface area contributed by atoms with E-state index < -0.39 is 0 Å². The van der Waals surface area contributed by atoms with Crippen LogP contribution in [-0.2, 0) is 0 Å². The molecule has 6 nitrogen and oxygen atoms in total. The number of carbonyl (C=O) groups is 1. The molecule has 29 heavy (non-hydrogen) atoms. The maximum Gasteiger partial charge on any atom is 0.259 e. The summed E-state index contributed by atoms with van der Waals surface area (Å²) in [5.74, 6) is 0.904. The Kier molecular flexibility index (Phi) is 5.31. The van der Waals surface area contributed by atoms with Gasteiger partial charge in [-0.1, -0.05) is 24.3 Å².